The molecule has 30 heavy (non-hydrogen) atoms. The summed E-state index contributed by atoms with van der Waals surface area (Å²) in [5.74, 6) is -0.355. The third-order valence-electron chi connectivity index (χ3n) is 5.77. The topological polar surface area (TPSA) is 71.4 Å². The van der Waals surface area contributed by atoms with Gasteiger partial charge in [-0.3, -0.25) is 14.9 Å². The summed E-state index contributed by atoms with van der Waals surface area (Å²) in [5, 5.41) is 10.3. The van der Waals surface area contributed by atoms with Crippen molar-refractivity contribution in [3.05, 3.63) is 47.2 Å². The fraction of sp³-hybridized carbons (Fsp3) is 0.524. The predicted molar refractivity (Wildman–Crippen MR) is 109 cm³/mol. The maximum Gasteiger partial charge on any atom is 0.320 e. The first kappa shape index (κ1) is 20.7. The number of carbonyl (C=O) groups is 1. The number of amides is 2. The maximum absolute atomic E-state index is 13.8. The molecular weight excluding hydrogens is 392 g/mol. The van der Waals surface area contributed by atoms with Crippen molar-refractivity contribution in [3.8, 4) is 0 Å². The molecule has 9 heteroatoms. The first-order chi connectivity index (χ1) is 14.4. The van der Waals surface area contributed by atoms with E-state index >= 15 is 0 Å². The van der Waals surface area contributed by atoms with Crippen molar-refractivity contribution < 1.29 is 18.3 Å². The Morgan fingerprint density at radius 3 is 2.60 bits per heavy atom. The predicted octanol–water partition coefficient (Wildman–Crippen LogP) is 2.81. The molecule has 2 aliphatic rings. The number of methoxy groups -OCH3 is 1. The molecule has 1 saturated carbocycles. The van der Waals surface area contributed by atoms with Crippen LogP contribution in [-0.2, 0) is 11.8 Å². The van der Waals surface area contributed by atoms with E-state index < -0.39 is 11.6 Å². The van der Waals surface area contributed by atoms with Gasteiger partial charge in [0.25, 0.3) is 0 Å². The van der Waals surface area contributed by atoms with E-state index in [-0.39, 0.29) is 18.0 Å². The van der Waals surface area contributed by atoms with E-state index in [2.05, 4.69) is 20.6 Å². The lowest BCUT2D eigenvalue weighted by molar-refractivity contribution is 0.159. The first-order valence-electron chi connectivity index (χ1n) is 10.2. The molecule has 162 valence electrons. The molecule has 2 unspecified atom stereocenters. The largest absolute Gasteiger partial charge is 0.383 e. The number of benzene rings is 1. The van der Waals surface area contributed by atoms with Crippen molar-refractivity contribution in [2.24, 2.45) is 7.05 Å². The van der Waals surface area contributed by atoms with Gasteiger partial charge in [-0.1, -0.05) is 0 Å². The molecule has 2 fully saturated rings. The normalized spacial score (nSPS) is 21.7. The molecule has 2 aromatic rings. The number of halogens is 2. The van der Waals surface area contributed by atoms with Crippen LogP contribution in [0.5, 0.6) is 0 Å². The van der Waals surface area contributed by atoms with Crippen LogP contribution in [0, 0.1) is 11.6 Å². The summed E-state index contributed by atoms with van der Waals surface area (Å²) in [7, 11) is 3.42. The van der Waals surface area contributed by atoms with Gasteiger partial charge in [0.1, 0.15) is 17.5 Å². The van der Waals surface area contributed by atoms with Gasteiger partial charge in [0, 0.05) is 57.8 Å². The van der Waals surface area contributed by atoms with E-state index in [1.54, 1.807) is 18.8 Å². The molecule has 1 saturated heterocycles. The molecule has 2 N–H and O–H groups in total. The van der Waals surface area contributed by atoms with Crippen LogP contribution in [0.4, 0.5) is 19.4 Å². The summed E-state index contributed by atoms with van der Waals surface area (Å²) in [6.07, 6.45) is 2.27. The Bertz CT molecular complexity index is 895. The number of hydrogen-bond donors (Lipinski definition) is 2. The summed E-state index contributed by atoms with van der Waals surface area (Å²) in [6.45, 7) is 2.37. The van der Waals surface area contributed by atoms with Gasteiger partial charge in [-0.05, 0) is 30.5 Å². The van der Waals surface area contributed by atoms with Crippen LogP contribution in [0.15, 0.2) is 24.3 Å². The van der Waals surface area contributed by atoms with Crippen LogP contribution in [0.25, 0.3) is 0 Å². The average Bonchev–Trinajstić information content (AvgIpc) is 3.37. The van der Waals surface area contributed by atoms with Crippen molar-refractivity contribution in [2.75, 3.05) is 38.7 Å². The molecule has 4 rings (SSSR count). The number of carbonyl (C=O) groups excluding carboxylic acids is 1. The smallest absolute Gasteiger partial charge is 0.320 e. The van der Waals surface area contributed by atoms with Crippen molar-refractivity contribution in [1.82, 2.24) is 20.0 Å². The quantitative estimate of drug-likeness (QED) is 0.724. The van der Waals surface area contributed by atoms with Gasteiger partial charge in [-0.15, -0.1) is 0 Å². The van der Waals surface area contributed by atoms with E-state index in [1.165, 1.54) is 12.1 Å². The highest BCUT2D eigenvalue weighted by Gasteiger charge is 2.35. The number of likely N-dealkylation sites (tertiary alicyclic amines) is 1. The second kappa shape index (κ2) is 8.69. The monoisotopic (exact) mass is 419 g/mol. The Morgan fingerprint density at radius 1 is 1.20 bits per heavy atom. The van der Waals surface area contributed by atoms with Gasteiger partial charge >= 0.3 is 6.03 Å². The van der Waals surface area contributed by atoms with Crippen LogP contribution >= 0.6 is 0 Å². The Morgan fingerprint density at radius 2 is 1.93 bits per heavy atom. The van der Waals surface area contributed by atoms with Crippen molar-refractivity contribution >= 4 is 11.8 Å². The number of nitrogens with zero attached hydrogens (tertiary/aromatic N) is 3. The number of aryl methyl sites for hydroxylation is 1. The van der Waals surface area contributed by atoms with Crippen LogP contribution < -0.4 is 10.6 Å². The highest BCUT2D eigenvalue weighted by Crippen LogP contribution is 2.40. The molecule has 2 amide bonds. The van der Waals surface area contributed by atoms with E-state index in [0.717, 1.165) is 24.6 Å². The number of ether oxygens (including phenoxy) is 1. The van der Waals surface area contributed by atoms with Gasteiger partial charge in [0.05, 0.1) is 18.3 Å². The van der Waals surface area contributed by atoms with E-state index in [4.69, 9.17) is 4.74 Å². The Balaban J connectivity index is 1.46. The van der Waals surface area contributed by atoms with E-state index in [0.29, 0.717) is 43.5 Å². The fourth-order valence-corrected chi connectivity index (χ4v) is 4.07. The zero-order chi connectivity index (χ0) is 21.3. The molecule has 1 aliphatic carbocycles. The molecule has 1 aliphatic heterocycles. The molecule has 0 spiro atoms. The molecule has 1 aromatic carbocycles. The van der Waals surface area contributed by atoms with Gasteiger partial charge < -0.3 is 10.1 Å². The fourth-order valence-electron chi connectivity index (χ4n) is 4.07. The Kier molecular flexibility index (Phi) is 6.01. The van der Waals surface area contributed by atoms with Crippen molar-refractivity contribution in [3.63, 3.8) is 0 Å². The molecule has 0 radical (unpaired) electrons. The lowest BCUT2D eigenvalue weighted by atomic mass is 9.94. The molecule has 1 aromatic heterocycles. The average molecular weight is 419 g/mol. The molecule has 0 bridgehead atoms. The van der Waals surface area contributed by atoms with Crippen LogP contribution in [0.3, 0.4) is 0 Å². The minimum Gasteiger partial charge on any atom is -0.383 e. The van der Waals surface area contributed by atoms with Crippen LogP contribution in [0.2, 0.25) is 0 Å². The summed E-state index contributed by atoms with van der Waals surface area (Å²) >= 11 is 0. The van der Waals surface area contributed by atoms with Crippen molar-refractivity contribution in [2.45, 2.75) is 30.7 Å². The minimum absolute atomic E-state index is 0.230. The number of nitrogens with one attached hydrogen (secondary N) is 2. The standard InChI is InChI=1S/C21H27F2N5O2/c1-27-20(10-18(26-27)13-3-4-13)25-21(29)24-19-12-28(5-6-30-2)11-17(19)14-7-15(22)9-16(23)8-14/h7-10,13,17,19H,3-6,11-12H2,1-2H3,(H2,24,25,29). The SMILES string of the molecule is COCCN1CC(NC(=O)Nc2cc(C3CC3)nn2C)C(c2cc(F)cc(F)c2)C1. The molecule has 7 nitrogen and oxygen atoms in total. The van der Waals surface area contributed by atoms with Crippen LogP contribution in [-0.4, -0.2) is 60.1 Å². The maximum atomic E-state index is 13.8. The molecule has 2 atom stereocenters. The molecule has 2 heterocycles. The number of urea groups is 1. The zero-order valence-corrected chi connectivity index (χ0v) is 17.2. The summed E-state index contributed by atoms with van der Waals surface area (Å²) in [5.41, 5.74) is 1.53. The van der Waals surface area contributed by atoms with Crippen molar-refractivity contribution in [1.29, 1.82) is 0 Å². The van der Waals surface area contributed by atoms with Gasteiger partial charge in [0.15, 0.2) is 0 Å². The summed E-state index contributed by atoms with van der Waals surface area (Å²) < 4.78 is 34.4. The van der Waals surface area contributed by atoms with E-state index in [1.807, 2.05) is 6.07 Å². The number of rotatable bonds is 7. The Labute approximate surface area is 174 Å². The van der Waals surface area contributed by atoms with Gasteiger partial charge in [0.2, 0.25) is 0 Å². The first-order valence-corrected chi connectivity index (χ1v) is 10.2. The minimum atomic E-state index is -0.619. The summed E-state index contributed by atoms with van der Waals surface area (Å²) in [6, 6.07) is 4.78. The van der Waals surface area contributed by atoms with E-state index in [9.17, 15) is 13.6 Å². The third kappa shape index (κ3) is 4.79. The highest BCUT2D eigenvalue weighted by molar-refractivity contribution is 5.88. The third-order valence-corrected chi connectivity index (χ3v) is 5.77. The zero-order valence-electron chi connectivity index (χ0n) is 17.2. The number of aromatic nitrogens is 2. The van der Waals surface area contributed by atoms with Gasteiger partial charge in [-0.2, -0.15) is 5.10 Å². The highest BCUT2D eigenvalue weighted by atomic mass is 19.1. The lowest BCUT2D eigenvalue weighted by Gasteiger charge is -2.20. The Hall–Kier alpha value is -2.52. The molecular formula is C21H27F2N5O2. The number of hydrogen-bond acceptors (Lipinski definition) is 4. The second-order valence-corrected chi connectivity index (χ2v) is 8.12. The second-order valence-electron chi connectivity index (χ2n) is 8.12. The number of anilines is 1. The lowest BCUT2D eigenvalue weighted by Crippen LogP contribution is -2.42. The summed E-state index contributed by atoms with van der Waals surface area (Å²) in [4.78, 5) is 14.8. The van der Waals surface area contributed by atoms with Gasteiger partial charge in [-0.25, -0.2) is 13.6 Å². The van der Waals surface area contributed by atoms with Crippen LogP contribution in [0.1, 0.15) is 35.9 Å².